The molecule has 0 aliphatic carbocycles. The minimum atomic E-state index is 0.862. The highest BCUT2D eigenvalue weighted by molar-refractivity contribution is 6.28. The minimum Gasteiger partial charge on any atom is -0.456 e. The van der Waals surface area contributed by atoms with Crippen molar-refractivity contribution in [3.8, 4) is 22.3 Å². The van der Waals surface area contributed by atoms with Gasteiger partial charge in [-0.1, -0.05) is 121 Å². The van der Waals surface area contributed by atoms with Crippen LogP contribution < -0.4 is 0 Å². The largest absolute Gasteiger partial charge is 0.456 e. The lowest BCUT2D eigenvalue weighted by Gasteiger charge is -2.13. The Hall–Kier alpha value is -6.91. The van der Waals surface area contributed by atoms with Crippen LogP contribution in [0.5, 0.6) is 0 Å². The molecule has 236 valence electrons. The molecule has 4 heterocycles. The smallest absolute Gasteiger partial charge is 0.147 e. The zero-order valence-electron chi connectivity index (χ0n) is 27.2. The number of furan rings is 2. The van der Waals surface area contributed by atoms with Crippen LogP contribution in [0.1, 0.15) is 0 Å². The Morgan fingerprint density at radius 1 is 0.412 bits per heavy atom. The fraction of sp³-hybridized carbons (Fsp3) is 0. The first-order valence-corrected chi connectivity index (χ1v) is 17.3. The lowest BCUT2D eigenvalue weighted by Crippen LogP contribution is -1.93. The van der Waals surface area contributed by atoms with Crippen LogP contribution in [0.2, 0.25) is 0 Å². The highest BCUT2D eigenvalue weighted by Crippen LogP contribution is 2.45. The number of imidazole rings is 1. The van der Waals surface area contributed by atoms with Crippen molar-refractivity contribution in [2.75, 3.05) is 0 Å². The van der Waals surface area contributed by atoms with Gasteiger partial charge in [0.15, 0.2) is 0 Å². The van der Waals surface area contributed by atoms with Gasteiger partial charge in [0.1, 0.15) is 28.0 Å². The number of benzene rings is 8. The van der Waals surface area contributed by atoms with Crippen LogP contribution in [0.4, 0.5) is 0 Å². The Morgan fingerprint density at radius 2 is 1.08 bits per heavy atom. The maximum atomic E-state index is 6.61. The number of fused-ring (bicyclic) bond motifs is 17. The second-order valence-corrected chi connectivity index (χ2v) is 13.5. The van der Waals surface area contributed by atoms with Gasteiger partial charge in [0.2, 0.25) is 0 Å². The average Bonchev–Trinajstić information content (AvgIpc) is 3.89. The molecular weight excluding hydrogens is 625 g/mol. The van der Waals surface area contributed by atoms with E-state index in [0.29, 0.717) is 0 Å². The lowest BCUT2D eigenvalue weighted by atomic mass is 9.95. The van der Waals surface area contributed by atoms with E-state index in [0.717, 1.165) is 88.3 Å². The minimum absolute atomic E-state index is 0.862. The van der Waals surface area contributed by atoms with Crippen molar-refractivity contribution in [2.45, 2.75) is 0 Å². The summed E-state index contributed by atoms with van der Waals surface area (Å²) >= 11 is 0. The molecule has 4 nitrogen and oxygen atoms in total. The highest BCUT2D eigenvalue weighted by Gasteiger charge is 2.21. The first kappa shape index (κ1) is 27.0. The Balaban J connectivity index is 1.07. The van der Waals surface area contributed by atoms with Gasteiger partial charge in [-0.2, -0.15) is 0 Å². The van der Waals surface area contributed by atoms with E-state index in [1.807, 2.05) is 24.3 Å². The van der Waals surface area contributed by atoms with Crippen LogP contribution in [0.3, 0.4) is 0 Å². The molecule has 0 atom stereocenters. The Kier molecular flexibility index (Phi) is 5.20. The van der Waals surface area contributed by atoms with E-state index in [4.69, 9.17) is 13.8 Å². The molecule has 12 aromatic rings. The monoisotopic (exact) mass is 650 g/mol. The number of pyridine rings is 1. The van der Waals surface area contributed by atoms with Gasteiger partial charge in [0, 0.05) is 37.9 Å². The molecule has 0 amide bonds. The molecule has 0 saturated heterocycles. The molecule has 0 aliphatic heterocycles. The molecule has 0 unspecified atom stereocenters. The normalized spacial score (nSPS) is 12.3. The molecule has 0 radical (unpaired) electrons. The summed E-state index contributed by atoms with van der Waals surface area (Å²) in [5.41, 5.74) is 12.1. The molecule has 0 fully saturated rings. The first-order chi connectivity index (χ1) is 25.3. The van der Waals surface area contributed by atoms with E-state index in [9.17, 15) is 0 Å². The average molecular weight is 651 g/mol. The summed E-state index contributed by atoms with van der Waals surface area (Å²) in [6, 6.07) is 55.9. The molecule has 0 saturated carbocycles. The molecule has 12 rings (SSSR count). The third-order valence-corrected chi connectivity index (χ3v) is 10.8. The second-order valence-electron chi connectivity index (χ2n) is 13.5. The van der Waals surface area contributed by atoms with Crippen molar-refractivity contribution >= 4 is 93.0 Å². The quantitative estimate of drug-likeness (QED) is 0.175. The SMILES string of the molecule is c1ccc2c(c1)ccc1c3ccc(-c4ccc(-c5cc6oc7ccccc7c6c6c5oc5ccccc56)cc4)cc3n3c4ccccc4nc3c21. The van der Waals surface area contributed by atoms with Crippen molar-refractivity contribution in [1.29, 1.82) is 0 Å². The molecule has 0 aliphatic rings. The van der Waals surface area contributed by atoms with Gasteiger partial charge in [0.05, 0.1) is 16.6 Å². The standard InChI is InChI=1S/C47H26N2O2/c1-2-10-31-28(9-1)21-24-33-32-23-22-30(25-39(32)49-38-14-6-5-13-37(38)48-47(49)43(31)33)27-17-19-29(20-18-27)36-26-42-44(34-11-3-7-15-40(34)50-42)45-35-12-4-8-16-41(35)51-46(36)45/h1-26H. The summed E-state index contributed by atoms with van der Waals surface area (Å²) in [4.78, 5) is 5.21. The number of nitrogens with zero attached hydrogens (tertiary/aromatic N) is 2. The predicted molar refractivity (Wildman–Crippen MR) is 211 cm³/mol. The predicted octanol–water partition coefficient (Wildman–Crippen LogP) is 13.1. The molecular formula is C47H26N2O2. The van der Waals surface area contributed by atoms with Gasteiger partial charge < -0.3 is 8.83 Å². The van der Waals surface area contributed by atoms with E-state index < -0.39 is 0 Å². The summed E-state index contributed by atoms with van der Waals surface area (Å²) < 4.78 is 15.4. The topological polar surface area (TPSA) is 43.6 Å². The maximum absolute atomic E-state index is 6.61. The number of aromatic nitrogens is 2. The van der Waals surface area contributed by atoms with Crippen molar-refractivity contribution in [3.63, 3.8) is 0 Å². The number of rotatable bonds is 2. The van der Waals surface area contributed by atoms with Gasteiger partial charge in [-0.05, 0) is 69.2 Å². The van der Waals surface area contributed by atoms with Crippen LogP contribution in [-0.4, -0.2) is 9.38 Å². The van der Waals surface area contributed by atoms with Crippen molar-refractivity contribution in [3.05, 3.63) is 158 Å². The molecule has 51 heavy (non-hydrogen) atoms. The molecule has 0 N–H and O–H groups in total. The summed E-state index contributed by atoms with van der Waals surface area (Å²) in [6.07, 6.45) is 0. The second kappa shape index (κ2) is 9.84. The Morgan fingerprint density at radius 3 is 1.94 bits per heavy atom. The Bertz CT molecular complexity index is 3420. The fourth-order valence-electron chi connectivity index (χ4n) is 8.46. The number of hydrogen-bond acceptors (Lipinski definition) is 3. The van der Waals surface area contributed by atoms with Crippen LogP contribution >= 0.6 is 0 Å². The van der Waals surface area contributed by atoms with Crippen molar-refractivity contribution in [1.82, 2.24) is 9.38 Å². The molecule has 0 spiro atoms. The Labute approximate surface area is 290 Å². The summed E-state index contributed by atoms with van der Waals surface area (Å²) in [5, 5.41) is 10.4. The van der Waals surface area contributed by atoms with Crippen molar-refractivity contribution < 1.29 is 8.83 Å². The van der Waals surface area contributed by atoms with Crippen molar-refractivity contribution in [2.24, 2.45) is 0 Å². The third kappa shape index (κ3) is 3.65. The van der Waals surface area contributed by atoms with Crippen LogP contribution in [0.15, 0.2) is 167 Å². The fourth-order valence-corrected chi connectivity index (χ4v) is 8.46. The van der Waals surface area contributed by atoms with Crippen LogP contribution in [-0.2, 0) is 0 Å². The van der Waals surface area contributed by atoms with Gasteiger partial charge in [0.25, 0.3) is 0 Å². The zero-order chi connectivity index (χ0) is 33.2. The molecule has 0 bridgehead atoms. The lowest BCUT2D eigenvalue weighted by molar-refractivity contribution is 0.664. The van der Waals surface area contributed by atoms with E-state index in [2.05, 4.69) is 138 Å². The van der Waals surface area contributed by atoms with Gasteiger partial charge in [-0.25, -0.2) is 4.98 Å². The summed E-state index contributed by atoms with van der Waals surface area (Å²) in [5.74, 6) is 0. The number of para-hydroxylation sites is 4. The molecule has 4 heteroatoms. The van der Waals surface area contributed by atoms with E-state index in [1.54, 1.807) is 0 Å². The summed E-state index contributed by atoms with van der Waals surface area (Å²) in [6.45, 7) is 0. The zero-order valence-corrected chi connectivity index (χ0v) is 27.2. The third-order valence-electron chi connectivity index (χ3n) is 10.8. The molecule has 4 aromatic heterocycles. The molecule has 8 aromatic carbocycles. The van der Waals surface area contributed by atoms with Gasteiger partial charge in [-0.3, -0.25) is 4.40 Å². The first-order valence-electron chi connectivity index (χ1n) is 17.3. The van der Waals surface area contributed by atoms with E-state index in [-0.39, 0.29) is 0 Å². The maximum Gasteiger partial charge on any atom is 0.147 e. The van der Waals surface area contributed by atoms with Gasteiger partial charge in [-0.15, -0.1) is 0 Å². The highest BCUT2D eigenvalue weighted by atomic mass is 16.3. The number of hydrogen-bond donors (Lipinski definition) is 0. The van der Waals surface area contributed by atoms with Crippen LogP contribution in [0.25, 0.3) is 115 Å². The van der Waals surface area contributed by atoms with E-state index in [1.165, 1.54) is 26.9 Å². The summed E-state index contributed by atoms with van der Waals surface area (Å²) in [7, 11) is 0. The van der Waals surface area contributed by atoms with Gasteiger partial charge >= 0.3 is 0 Å². The van der Waals surface area contributed by atoms with Crippen LogP contribution in [0, 0.1) is 0 Å². The van der Waals surface area contributed by atoms with E-state index >= 15 is 0 Å².